The fourth-order valence-corrected chi connectivity index (χ4v) is 7.66. The van der Waals surface area contributed by atoms with E-state index in [1.807, 2.05) is 0 Å². The summed E-state index contributed by atoms with van der Waals surface area (Å²) in [6.07, 6.45) is 3.51. The molecule has 176 valence electrons. The van der Waals surface area contributed by atoms with Crippen molar-refractivity contribution in [3.63, 3.8) is 0 Å². The predicted molar refractivity (Wildman–Crippen MR) is 151 cm³/mol. The zero-order valence-electron chi connectivity index (χ0n) is 21.5. The Balaban J connectivity index is 2.06. The van der Waals surface area contributed by atoms with Gasteiger partial charge >= 0.3 is 0 Å². The van der Waals surface area contributed by atoms with Crippen LogP contribution in [0, 0.1) is 20.8 Å². The molecule has 0 aliphatic carbocycles. The molecule has 0 radical (unpaired) electrons. The lowest BCUT2D eigenvalue weighted by molar-refractivity contribution is 0.297. The highest BCUT2D eigenvalue weighted by molar-refractivity contribution is 7.55. The lowest BCUT2D eigenvalue weighted by atomic mass is 9.91. The van der Waals surface area contributed by atoms with Gasteiger partial charge in [0, 0.05) is 10.7 Å². The predicted octanol–water partition coefficient (Wildman–Crippen LogP) is 8.45. The molecular weight excluding hydrogens is 438 g/mol. The number of benzene rings is 3. The summed E-state index contributed by atoms with van der Waals surface area (Å²) in [6.45, 7) is 16.9. The third-order valence-corrected chi connectivity index (χ3v) is 9.25. The summed E-state index contributed by atoms with van der Waals surface area (Å²) in [5.41, 5.74) is 8.12. The van der Waals surface area contributed by atoms with E-state index in [0.717, 1.165) is 27.2 Å². The zero-order chi connectivity index (χ0) is 24.0. The van der Waals surface area contributed by atoms with Gasteiger partial charge in [0.25, 0.3) is 0 Å². The van der Waals surface area contributed by atoms with Gasteiger partial charge in [-0.1, -0.05) is 95.1 Å². The van der Waals surface area contributed by atoms with Crippen molar-refractivity contribution >= 4 is 21.8 Å². The van der Waals surface area contributed by atoms with Gasteiger partial charge in [0.2, 0.25) is 0 Å². The van der Waals surface area contributed by atoms with E-state index >= 15 is 0 Å². The number of hydrogen-bond acceptors (Lipinski definition) is 1. The molecule has 2 atom stereocenters. The summed E-state index contributed by atoms with van der Waals surface area (Å²) in [7, 11) is 0.743. The van der Waals surface area contributed by atoms with E-state index in [2.05, 4.69) is 109 Å². The van der Waals surface area contributed by atoms with Crippen LogP contribution in [0.2, 0.25) is 0 Å². The molecule has 3 rings (SSSR count). The Kier molecular flexibility index (Phi) is 9.15. The maximum absolute atomic E-state index is 6.57. The molecule has 0 N–H and O–H groups in total. The zero-order valence-corrected chi connectivity index (χ0v) is 23.4. The largest absolute Gasteiger partial charge is 0.488 e. The van der Waals surface area contributed by atoms with Crippen LogP contribution in [0.25, 0.3) is 0 Å². The molecule has 0 spiro atoms. The molecule has 0 amide bonds. The van der Waals surface area contributed by atoms with Gasteiger partial charge in [-0.2, -0.15) is 0 Å². The maximum atomic E-state index is 6.57. The summed E-state index contributed by atoms with van der Waals surface area (Å²) in [4.78, 5) is 0. The molecule has 0 saturated carbocycles. The molecular formula is C30H40OP2. The normalized spacial score (nSPS) is 13.6. The molecule has 0 saturated heterocycles. The van der Waals surface area contributed by atoms with Crippen molar-refractivity contribution in [2.45, 2.75) is 65.4 Å². The van der Waals surface area contributed by atoms with Gasteiger partial charge in [-0.25, -0.2) is 0 Å². The fraction of sp³-hybridized carbons (Fsp3) is 0.400. The number of ether oxygens (including phenoxy) is 1. The van der Waals surface area contributed by atoms with E-state index in [9.17, 15) is 0 Å². The molecule has 3 heteroatoms. The van der Waals surface area contributed by atoms with Gasteiger partial charge in [-0.3, -0.25) is 0 Å². The second kappa shape index (κ2) is 11.6. The fourth-order valence-electron chi connectivity index (χ4n) is 4.71. The lowest BCUT2D eigenvalue weighted by Gasteiger charge is -2.34. The monoisotopic (exact) mass is 478 g/mol. The van der Waals surface area contributed by atoms with Crippen LogP contribution >= 0.6 is 16.5 Å². The van der Waals surface area contributed by atoms with E-state index in [4.69, 9.17) is 4.74 Å². The van der Waals surface area contributed by atoms with Crippen LogP contribution in [-0.2, 0) is 17.9 Å². The molecule has 2 unspecified atom stereocenters. The van der Waals surface area contributed by atoms with Crippen LogP contribution in [0.5, 0.6) is 5.75 Å². The van der Waals surface area contributed by atoms with E-state index in [1.54, 1.807) is 10.9 Å². The molecule has 3 aromatic carbocycles. The van der Waals surface area contributed by atoms with Crippen molar-refractivity contribution in [1.82, 2.24) is 0 Å². The van der Waals surface area contributed by atoms with Crippen molar-refractivity contribution in [2.75, 3.05) is 13.3 Å². The van der Waals surface area contributed by atoms with Gasteiger partial charge in [-0.05, 0) is 74.2 Å². The molecule has 0 aromatic heterocycles. The summed E-state index contributed by atoms with van der Waals surface area (Å²) in [5.74, 6) is 1.08. The first-order chi connectivity index (χ1) is 15.7. The van der Waals surface area contributed by atoms with Crippen LogP contribution < -0.4 is 10.0 Å². The van der Waals surface area contributed by atoms with Gasteiger partial charge in [-0.15, -0.1) is 7.92 Å². The standard InChI is InChI=1S/C30H40OP2/c1-8-17-30(5,32-29-23(3)13-12-16-26(29)21-33(6)7)27-19-22(2)18-24(4)28(27)31-20-25-14-10-9-11-15-25/h9-16,18-19,32H,8,17,20-21H2,1-7H3. The Morgan fingerprint density at radius 2 is 1.64 bits per heavy atom. The van der Waals surface area contributed by atoms with Gasteiger partial charge in [0.15, 0.2) is 0 Å². The third-order valence-electron chi connectivity index (χ3n) is 6.24. The van der Waals surface area contributed by atoms with Crippen LogP contribution in [0.3, 0.4) is 0 Å². The second-order valence-corrected chi connectivity index (χ2v) is 14.1. The third kappa shape index (κ3) is 6.68. The van der Waals surface area contributed by atoms with Crippen molar-refractivity contribution in [3.8, 4) is 5.75 Å². The molecule has 0 bridgehead atoms. The Bertz CT molecular complexity index is 1060. The SMILES string of the molecule is CCCC(C)(Pc1c(C)cccc1CP(C)C)c1cc(C)cc(C)c1OCc1ccccc1. The quantitative estimate of drug-likeness (QED) is 0.266. The Hall–Kier alpha value is -1.68. The topological polar surface area (TPSA) is 9.23 Å². The van der Waals surface area contributed by atoms with Crippen LogP contribution in [0.15, 0.2) is 60.7 Å². The average Bonchev–Trinajstić information content (AvgIpc) is 2.76. The van der Waals surface area contributed by atoms with E-state index in [1.165, 1.54) is 34.0 Å². The number of aryl methyl sites for hydroxylation is 3. The lowest BCUT2D eigenvalue weighted by Crippen LogP contribution is -2.23. The van der Waals surface area contributed by atoms with Crippen molar-refractivity contribution in [2.24, 2.45) is 0 Å². The van der Waals surface area contributed by atoms with Gasteiger partial charge < -0.3 is 4.74 Å². The van der Waals surface area contributed by atoms with Gasteiger partial charge in [0.05, 0.1) is 0 Å². The van der Waals surface area contributed by atoms with Crippen LogP contribution in [0.1, 0.15) is 60.1 Å². The van der Waals surface area contributed by atoms with Gasteiger partial charge in [0.1, 0.15) is 12.4 Å². The van der Waals surface area contributed by atoms with Crippen molar-refractivity contribution in [1.29, 1.82) is 0 Å². The highest BCUT2D eigenvalue weighted by Crippen LogP contribution is 2.50. The Morgan fingerprint density at radius 3 is 2.30 bits per heavy atom. The molecule has 3 aromatic rings. The molecule has 1 nitrogen and oxygen atoms in total. The first-order valence-electron chi connectivity index (χ1n) is 12.0. The minimum atomic E-state index is 0.0227. The molecule has 33 heavy (non-hydrogen) atoms. The smallest absolute Gasteiger partial charge is 0.126 e. The highest BCUT2D eigenvalue weighted by atomic mass is 31.1. The minimum Gasteiger partial charge on any atom is -0.488 e. The number of rotatable bonds is 10. The summed E-state index contributed by atoms with van der Waals surface area (Å²) in [6, 6.07) is 22.1. The first kappa shape index (κ1) is 25.9. The molecule has 0 aliphatic rings. The highest BCUT2D eigenvalue weighted by Gasteiger charge is 2.32. The summed E-state index contributed by atoms with van der Waals surface area (Å²) in [5, 5.41) is 1.61. The number of hydrogen-bond donors (Lipinski definition) is 0. The van der Waals surface area contributed by atoms with Crippen LogP contribution in [-0.4, -0.2) is 13.3 Å². The van der Waals surface area contributed by atoms with Crippen molar-refractivity contribution < 1.29 is 4.74 Å². The summed E-state index contributed by atoms with van der Waals surface area (Å²) >= 11 is 0. The molecule has 0 heterocycles. The molecule has 0 aliphatic heterocycles. The maximum Gasteiger partial charge on any atom is 0.126 e. The summed E-state index contributed by atoms with van der Waals surface area (Å²) < 4.78 is 6.57. The Labute approximate surface area is 204 Å². The van der Waals surface area contributed by atoms with E-state index in [-0.39, 0.29) is 13.1 Å². The van der Waals surface area contributed by atoms with E-state index < -0.39 is 0 Å². The van der Waals surface area contributed by atoms with Crippen LogP contribution in [0.4, 0.5) is 0 Å². The molecule has 0 fully saturated rings. The van der Waals surface area contributed by atoms with Crippen molar-refractivity contribution in [3.05, 3.63) is 94.0 Å². The first-order valence-corrected chi connectivity index (χ1v) is 15.5. The average molecular weight is 479 g/mol. The minimum absolute atomic E-state index is 0.0227. The van der Waals surface area contributed by atoms with E-state index in [0.29, 0.717) is 6.61 Å². The Morgan fingerprint density at radius 1 is 0.909 bits per heavy atom. The second-order valence-electron chi connectivity index (χ2n) is 9.79.